The predicted octanol–water partition coefficient (Wildman–Crippen LogP) is 3.55. The Bertz CT molecular complexity index is 494. The number of fused-ring (bicyclic) bond motifs is 1. The molecular formula is C15H22F4N2OS. The highest BCUT2D eigenvalue weighted by molar-refractivity contribution is 8.13. The minimum atomic E-state index is -4.47. The van der Waals surface area contributed by atoms with Crippen molar-refractivity contribution in [1.82, 2.24) is 0 Å². The lowest BCUT2D eigenvalue weighted by Crippen LogP contribution is -2.46. The van der Waals surface area contributed by atoms with Crippen molar-refractivity contribution < 1.29 is 22.3 Å². The SMILES string of the molecule is CC(C)[C@@H](C)C(F)/C=C/[C@]12CO[C@H](C(F)(F)F)[C@H]1CSC(N)=N2. The maximum Gasteiger partial charge on any atom is 0.415 e. The van der Waals surface area contributed by atoms with E-state index in [0.29, 0.717) is 0 Å². The Kier molecular flexibility index (Phi) is 5.35. The van der Waals surface area contributed by atoms with Crippen molar-refractivity contribution >= 4 is 16.9 Å². The molecule has 3 nitrogen and oxygen atoms in total. The van der Waals surface area contributed by atoms with Gasteiger partial charge < -0.3 is 10.5 Å². The number of hydrogen-bond donors (Lipinski definition) is 1. The van der Waals surface area contributed by atoms with Gasteiger partial charge in [-0.15, -0.1) is 0 Å². The average molecular weight is 354 g/mol. The highest BCUT2D eigenvalue weighted by Crippen LogP contribution is 2.46. The normalized spacial score (nSPS) is 34.5. The minimum Gasteiger partial charge on any atom is -0.379 e. The first-order chi connectivity index (χ1) is 10.6. The molecule has 23 heavy (non-hydrogen) atoms. The molecule has 1 fully saturated rings. The Labute approximate surface area is 137 Å². The second-order valence-electron chi connectivity index (χ2n) is 6.54. The van der Waals surface area contributed by atoms with Gasteiger partial charge in [-0.25, -0.2) is 9.38 Å². The fourth-order valence-corrected chi connectivity index (χ4v) is 3.85. The number of nitrogens with two attached hydrogens (primary N) is 1. The number of nitrogens with zero attached hydrogens (tertiary/aromatic N) is 1. The second-order valence-corrected chi connectivity index (χ2v) is 7.58. The van der Waals surface area contributed by atoms with Crippen LogP contribution in [0.15, 0.2) is 17.1 Å². The van der Waals surface area contributed by atoms with E-state index >= 15 is 0 Å². The van der Waals surface area contributed by atoms with Gasteiger partial charge in [0.2, 0.25) is 0 Å². The van der Waals surface area contributed by atoms with E-state index in [-0.39, 0.29) is 29.4 Å². The molecule has 5 atom stereocenters. The van der Waals surface area contributed by atoms with Crippen LogP contribution in [0.4, 0.5) is 17.6 Å². The third-order valence-electron chi connectivity index (χ3n) is 4.68. The van der Waals surface area contributed by atoms with Gasteiger partial charge in [-0.1, -0.05) is 44.7 Å². The minimum absolute atomic E-state index is 0.126. The summed E-state index contributed by atoms with van der Waals surface area (Å²) in [4.78, 5) is 4.19. The number of thioether (sulfide) groups is 1. The molecular weight excluding hydrogens is 332 g/mol. The van der Waals surface area contributed by atoms with Crippen LogP contribution in [0.25, 0.3) is 0 Å². The van der Waals surface area contributed by atoms with Crippen molar-refractivity contribution in [3.05, 3.63) is 12.2 Å². The molecule has 2 N–H and O–H groups in total. The lowest BCUT2D eigenvalue weighted by atomic mass is 9.83. The molecule has 1 unspecified atom stereocenters. The average Bonchev–Trinajstić information content (AvgIpc) is 2.82. The van der Waals surface area contributed by atoms with Crippen LogP contribution in [-0.4, -0.2) is 41.5 Å². The fraction of sp³-hybridized carbons (Fsp3) is 0.800. The van der Waals surface area contributed by atoms with Crippen LogP contribution < -0.4 is 5.73 Å². The highest BCUT2D eigenvalue weighted by atomic mass is 32.2. The molecule has 132 valence electrons. The molecule has 0 aromatic rings. The maximum absolute atomic E-state index is 14.2. The van der Waals surface area contributed by atoms with E-state index < -0.39 is 29.9 Å². The van der Waals surface area contributed by atoms with E-state index in [1.165, 1.54) is 12.2 Å². The van der Waals surface area contributed by atoms with E-state index in [1.54, 1.807) is 6.92 Å². The second kappa shape index (κ2) is 6.63. The molecule has 0 saturated carbocycles. The standard InChI is InChI=1S/C15H22F4N2OS/c1-8(2)9(3)11(16)4-5-14-7-22-12(15(17,18)19)10(14)6-23-13(20)21-14/h4-5,8-12H,6-7H2,1-3H3,(H2,20,21)/b5-4+/t9-,10-,11?,12+,14+/m1/s1. The van der Waals surface area contributed by atoms with Crippen LogP contribution in [0.1, 0.15) is 20.8 Å². The van der Waals surface area contributed by atoms with E-state index in [0.717, 1.165) is 11.8 Å². The summed E-state index contributed by atoms with van der Waals surface area (Å²) in [7, 11) is 0. The zero-order valence-corrected chi connectivity index (χ0v) is 14.1. The van der Waals surface area contributed by atoms with E-state index in [9.17, 15) is 17.6 Å². The molecule has 0 radical (unpaired) electrons. The molecule has 2 aliphatic heterocycles. The van der Waals surface area contributed by atoms with Crippen LogP contribution in [0.5, 0.6) is 0 Å². The van der Waals surface area contributed by atoms with Crippen LogP contribution in [-0.2, 0) is 4.74 Å². The van der Waals surface area contributed by atoms with E-state index in [2.05, 4.69) is 4.99 Å². The van der Waals surface area contributed by atoms with Crippen molar-refractivity contribution in [2.24, 2.45) is 28.5 Å². The molecule has 0 aromatic carbocycles. The molecule has 2 heterocycles. The van der Waals surface area contributed by atoms with Crippen LogP contribution >= 0.6 is 11.8 Å². The molecule has 2 rings (SSSR count). The Hall–Kier alpha value is -0.760. The summed E-state index contributed by atoms with van der Waals surface area (Å²) in [6.45, 7) is 5.34. The summed E-state index contributed by atoms with van der Waals surface area (Å²) < 4.78 is 58.6. The first-order valence-electron chi connectivity index (χ1n) is 7.56. The summed E-state index contributed by atoms with van der Waals surface area (Å²) in [5.41, 5.74) is 4.47. The van der Waals surface area contributed by atoms with Gasteiger partial charge in [-0.05, 0) is 11.8 Å². The molecule has 1 saturated heterocycles. The third-order valence-corrected chi connectivity index (χ3v) is 5.59. The number of aliphatic imine (C=N–C) groups is 1. The summed E-state index contributed by atoms with van der Waals surface area (Å²) in [6, 6.07) is 0. The number of alkyl halides is 4. The summed E-state index contributed by atoms with van der Waals surface area (Å²) in [6.07, 6.45) is -4.87. The van der Waals surface area contributed by atoms with Crippen LogP contribution in [0, 0.1) is 17.8 Å². The van der Waals surface area contributed by atoms with Gasteiger partial charge in [0.15, 0.2) is 11.3 Å². The van der Waals surface area contributed by atoms with Crippen molar-refractivity contribution in [3.63, 3.8) is 0 Å². The van der Waals surface area contributed by atoms with Gasteiger partial charge in [-0.2, -0.15) is 13.2 Å². The first-order valence-corrected chi connectivity index (χ1v) is 8.55. The molecule has 0 spiro atoms. The molecule has 2 aliphatic rings. The predicted molar refractivity (Wildman–Crippen MR) is 84.1 cm³/mol. The van der Waals surface area contributed by atoms with Gasteiger partial charge >= 0.3 is 6.18 Å². The Morgan fingerprint density at radius 3 is 2.61 bits per heavy atom. The fourth-order valence-electron chi connectivity index (χ4n) is 2.80. The highest BCUT2D eigenvalue weighted by Gasteiger charge is 2.59. The summed E-state index contributed by atoms with van der Waals surface area (Å²) in [5.74, 6) is -0.847. The summed E-state index contributed by atoms with van der Waals surface area (Å²) in [5, 5.41) is 0.213. The smallest absolute Gasteiger partial charge is 0.379 e. The van der Waals surface area contributed by atoms with Gasteiger partial charge in [0.1, 0.15) is 11.7 Å². The zero-order chi connectivity index (χ0) is 17.4. The van der Waals surface area contributed by atoms with Gasteiger partial charge in [-0.3, -0.25) is 0 Å². The third kappa shape index (κ3) is 3.84. The van der Waals surface area contributed by atoms with Gasteiger partial charge in [0, 0.05) is 11.7 Å². The molecule has 0 amide bonds. The van der Waals surface area contributed by atoms with Gasteiger partial charge in [0.05, 0.1) is 6.61 Å². The van der Waals surface area contributed by atoms with Crippen LogP contribution in [0.3, 0.4) is 0 Å². The van der Waals surface area contributed by atoms with Gasteiger partial charge in [0.25, 0.3) is 0 Å². The van der Waals surface area contributed by atoms with Crippen molar-refractivity contribution in [2.75, 3.05) is 12.4 Å². The van der Waals surface area contributed by atoms with E-state index in [4.69, 9.17) is 10.5 Å². The first kappa shape index (κ1) is 18.6. The number of rotatable bonds is 4. The quantitative estimate of drug-likeness (QED) is 0.620. The van der Waals surface area contributed by atoms with Crippen molar-refractivity contribution in [2.45, 2.75) is 44.8 Å². The van der Waals surface area contributed by atoms with Crippen molar-refractivity contribution in [3.8, 4) is 0 Å². The Morgan fingerprint density at radius 1 is 1.39 bits per heavy atom. The topological polar surface area (TPSA) is 47.6 Å². The molecule has 0 bridgehead atoms. The number of hydrogen-bond acceptors (Lipinski definition) is 4. The maximum atomic E-state index is 14.2. The number of amidine groups is 1. The van der Waals surface area contributed by atoms with Crippen molar-refractivity contribution in [1.29, 1.82) is 0 Å². The lowest BCUT2D eigenvalue weighted by Gasteiger charge is -2.33. The lowest BCUT2D eigenvalue weighted by molar-refractivity contribution is -0.214. The number of ether oxygens (including phenoxy) is 1. The Morgan fingerprint density at radius 2 is 2.04 bits per heavy atom. The van der Waals surface area contributed by atoms with E-state index in [1.807, 2.05) is 13.8 Å². The molecule has 8 heteroatoms. The largest absolute Gasteiger partial charge is 0.415 e. The van der Waals surface area contributed by atoms with Crippen LogP contribution in [0.2, 0.25) is 0 Å². The zero-order valence-electron chi connectivity index (χ0n) is 13.3. The number of allylic oxidation sites excluding steroid dienone is 1. The summed E-state index contributed by atoms with van der Waals surface area (Å²) >= 11 is 1.08. The molecule has 0 aromatic heterocycles. The Balaban J connectivity index is 2.27. The number of halogens is 4. The molecule has 0 aliphatic carbocycles. The monoisotopic (exact) mass is 354 g/mol.